The van der Waals surface area contributed by atoms with Crippen LogP contribution in [0.4, 0.5) is 0 Å². The Kier molecular flexibility index (Phi) is 4.29. The Hall–Kier alpha value is -3.64. The number of aromatic amines is 1. The van der Waals surface area contributed by atoms with Gasteiger partial charge in [0.25, 0.3) is 11.8 Å². The molecule has 2 aromatic carbocycles. The largest absolute Gasteiger partial charge is 0.361 e. The molecule has 0 bridgehead atoms. The number of aryl methyl sites for hydroxylation is 1. The first-order valence-electron chi connectivity index (χ1n) is 10.1. The molecule has 0 saturated heterocycles. The summed E-state index contributed by atoms with van der Waals surface area (Å²) in [6.45, 7) is 3.35. The second-order valence-electron chi connectivity index (χ2n) is 7.55. The molecule has 30 heavy (non-hydrogen) atoms. The number of fused-ring (bicyclic) bond motifs is 2. The number of nitrogens with one attached hydrogen (secondary N) is 2. The van der Waals surface area contributed by atoms with E-state index in [0.717, 1.165) is 51.6 Å². The van der Waals surface area contributed by atoms with Gasteiger partial charge in [-0.15, -0.1) is 0 Å². The Balaban J connectivity index is 1.83. The van der Waals surface area contributed by atoms with E-state index in [9.17, 15) is 9.59 Å². The predicted molar refractivity (Wildman–Crippen MR) is 119 cm³/mol. The summed E-state index contributed by atoms with van der Waals surface area (Å²) in [6.07, 6.45) is 2.64. The third-order valence-electron chi connectivity index (χ3n) is 5.86. The SMILES string of the molecule is Cc1c(C2=C(c3c[nH]c4ccccc34)C(=O)NC2=O)c2ccccc2n1CCCN. The second kappa shape index (κ2) is 7.00. The number of nitrogens with two attached hydrogens (primary N) is 1. The Morgan fingerprint density at radius 2 is 1.63 bits per heavy atom. The van der Waals surface area contributed by atoms with Gasteiger partial charge >= 0.3 is 0 Å². The number of H-pyrrole nitrogens is 1. The fourth-order valence-electron chi connectivity index (χ4n) is 4.51. The van der Waals surface area contributed by atoms with Crippen LogP contribution in [0.15, 0.2) is 54.7 Å². The second-order valence-corrected chi connectivity index (χ2v) is 7.55. The maximum Gasteiger partial charge on any atom is 0.259 e. The van der Waals surface area contributed by atoms with Crippen LogP contribution in [0.5, 0.6) is 0 Å². The number of benzene rings is 2. The van der Waals surface area contributed by atoms with Gasteiger partial charge in [-0.2, -0.15) is 0 Å². The number of nitrogens with zero attached hydrogens (tertiary/aromatic N) is 1. The zero-order valence-corrected chi connectivity index (χ0v) is 16.7. The third-order valence-corrected chi connectivity index (χ3v) is 5.86. The standard InChI is InChI=1S/C24H22N4O2/c1-14-20(16-8-3-5-10-19(16)28(14)12-6-11-25)22-21(23(29)27-24(22)30)17-13-26-18-9-4-2-7-15(17)18/h2-5,7-10,13,26H,6,11-12,25H2,1H3,(H,27,29,30). The van der Waals surface area contributed by atoms with Crippen LogP contribution in [0.2, 0.25) is 0 Å². The maximum absolute atomic E-state index is 13.0. The molecule has 3 heterocycles. The van der Waals surface area contributed by atoms with Crippen molar-refractivity contribution in [2.45, 2.75) is 19.9 Å². The van der Waals surface area contributed by atoms with Crippen molar-refractivity contribution >= 4 is 44.8 Å². The molecule has 0 saturated carbocycles. The number of hydrogen-bond acceptors (Lipinski definition) is 3. The molecule has 0 radical (unpaired) electrons. The fraction of sp³-hybridized carbons (Fsp3) is 0.167. The quantitative estimate of drug-likeness (QED) is 0.450. The topological polar surface area (TPSA) is 92.9 Å². The third kappa shape index (κ3) is 2.61. The highest BCUT2D eigenvalue weighted by Gasteiger charge is 2.36. The minimum Gasteiger partial charge on any atom is -0.361 e. The Morgan fingerprint density at radius 3 is 2.43 bits per heavy atom. The number of aromatic nitrogens is 2. The van der Waals surface area contributed by atoms with Crippen molar-refractivity contribution in [1.29, 1.82) is 0 Å². The molecule has 150 valence electrons. The highest BCUT2D eigenvalue weighted by Crippen LogP contribution is 2.40. The minimum absolute atomic E-state index is 0.356. The first-order chi connectivity index (χ1) is 14.6. The van der Waals surface area contributed by atoms with E-state index >= 15 is 0 Å². The lowest BCUT2D eigenvalue weighted by atomic mass is 9.94. The van der Waals surface area contributed by atoms with Gasteiger partial charge in [0.1, 0.15) is 0 Å². The molecule has 0 atom stereocenters. The van der Waals surface area contributed by atoms with E-state index in [4.69, 9.17) is 5.73 Å². The molecule has 1 aliphatic rings. The van der Waals surface area contributed by atoms with Gasteiger partial charge in [-0.3, -0.25) is 14.9 Å². The van der Waals surface area contributed by atoms with Crippen LogP contribution in [0.25, 0.3) is 33.0 Å². The lowest BCUT2D eigenvalue weighted by molar-refractivity contribution is -0.122. The molecule has 1 aliphatic heterocycles. The van der Waals surface area contributed by atoms with Crippen molar-refractivity contribution in [3.63, 3.8) is 0 Å². The van der Waals surface area contributed by atoms with Crippen molar-refractivity contribution in [2.75, 3.05) is 6.54 Å². The van der Waals surface area contributed by atoms with Gasteiger partial charge in [-0.1, -0.05) is 36.4 Å². The Bertz CT molecular complexity index is 1360. The normalized spacial score (nSPS) is 14.3. The zero-order valence-electron chi connectivity index (χ0n) is 16.7. The lowest BCUT2D eigenvalue weighted by Gasteiger charge is -2.08. The van der Waals surface area contributed by atoms with Gasteiger partial charge in [0.15, 0.2) is 0 Å². The van der Waals surface area contributed by atoms with E-state index in [1.165, 1.54) is 0 Å². The highest BCUT2D eigenvalue weighted by atomic mass is 16.2. The van der Waals surface area contributed by atoms with E-state index in [1.54, 1.807) is 6.20 Å². The van der Waals surface area contributed by atoms with Gasteiger partial charge in [-0.25, -0.2) is 0 Å². The van der Waals surface area contributed by atoms with Crippen LogP contribution in [-0.2, 0) is 16.1 Å². The van der Waals surface area contributed by atoms with Gasteiger partial charge in [0.05, 0.1) is 11.1 Å². The molecule has 4 aromatic rings. The first-order valence-corrected chi connectivity index (χ1v) is 10.1. The first kappa shape index (κ1) is 18.4. The van der Waals surface area contributed by atoms with Crippen LogP contribution >= 0.6 is 0 Å². The van der Waals surface area contributed by atoms with Gasteiger partial charge in [0.2, 0.25) is 0 Å². The van der Waals surface area contributed by atoms with Crippen molar-refractivity contribution in [3.8, 4) is 0 Å². The molecule has 4 N–H and O–H groups in total. The van der Waals surface area contributed by atoms with Crippen LogP contribution in [0.3, 0.4) is 0 Å². The highest BCUT2D eigenvalue weighted by molar-refractivity contribution is 6.51. The van der Waals surface area contributed by atoms with Crippen LogP contribution < -0.4 is 11.1 Å². The lowest BCUT2D eigenvalue weighted by Crippen LogP contribution is -2.22. The van der Waals surface area contributed by atoms with Gasteiger partial charge in [0, 0.05) is 51.4 Å². The van der Waals surface area contributed by atoms with Gasteiger partial charge in [-0.05, 0) is 32.0 Å². The summed E-state index contributed by atoms with van der Waals surface area (Å²) in [4.78, 5) is 29.1. The molecule has 0 unspecified atom stereocenters. The fourth-order valence-corrected chi connectivity index (χ4v) is 4.51. The molecular weight excluding hydrogens is 376 g/mol. The molecule has 0 aliphatic carbocycles. The monoisotopic (exact) mass is 398 g/mol. The summed E-state index contributed by atoms with van der Waals surface area (Å²) < 4.78 is 2.19. The maximum atomic E-state index is 13.0. The minimum atomic E-state index is -0.363. The van der Waals surface area contributed by atoms with Crippen molar-refractivity contribution in [3.05, 3.63) is 71.5 Å². The number of rotatable bonds is 5. The smallest absolute Gasteiger partial charge is 0.259 e. The summed E-state index contributed by atoms with van der Waals surface area (Å²) in [5, 5.41) is 4.40. The molecule has 2 amide bonds. The van der Waals surface area contributed by atoms with E-state index < -0.39 is 0 Å². The number of para-hydroxylation sites is 2. The Morgan fingerprint density at radius 1 is 0.933 bits per heavy atom. The number of hydrogen-bond donors (Lipinski definition) is 3. The molecule has 0 spiro atoms. The van der Waals surface area contributed by atoms with E-state index in [-0.39, 0.29) is 11.8 Å². The average Bonchev–Trinajstić information content (AvgIpc) is 3.37. The van der Waals surface area contributed by atoms with Crippen molar-refractivity contribution < 1.29 is 9.59 Å². The van der Waals surface area contributed by atoms with E-state index in [1.807, 2.05) is 55.5 Å². The molecule has 5 rings (SSSR count). The Labute approximate surface area is 173 Å². The number of carbonyl (C=O) groups is 2. The van der Waals surface area contributed by atoms with Gasteiger partial charge < -0.3 is 15.3 Å². The number of carbonyl (C=O) groups excluding carboxylic acids is 2. The molecule has 2 aromatic heterocycles. The van der Waals surface area contributed by atoms with Crippen molar-refractivity contribution in [2.24, 2.45) is 5.73 Å². The molecular formula is C24H22N4O2. The van der Waals surface area contributed by atoms with Crippen molar-refractivity contribution in [1.82, 2.24) is 14.9 Å². The number of amides is 2. The molecule has 6 nitrogen and oxygen atoms in total. The summed E-state index contributed by atoms with van der Waals surface area (Å²) in [5.41, 5.74) is 11.1. The summed E-state index contributed by atoms with van der Waals surface area (Å²) in [6, 6.07) is 15.8. The van der Waals surface area contributed by atoms with Crippen LogP contribution in [0, 0.1) is 6.92 Å². The average molecular weight is 398 g/mol. The molecule has 0 fully saturated rings. The summed E-state index contributed by atoms with van der Waals surface area (Å²) >= 11 is 0. The zero-order chi connectivity index (χ0) is 20.8. The number of imide groups is 1. The predicted octanol–water partition coefficient (Wildman–Crippen LogP) is 3.35. The summed E-state index contributed by atoms with van der Waals surface area (Å²) in [7, 11) is 0. The van der Waals surface area contributed by atoms with Crippen LogP contribution in [0.1, 0.15) is 23.2 Å². The van der Waals surface area contributed by atoms with Crippen LogP contribution in [-0.4, -0.2) is 27.9 Å². The molecule has 6 heteroatoms. The van der Waals surface area contributed by atoms with E-state index in [2.05, 4.69) is 14.9 Å². The van der Waals surface area contributed by atoms with E-state index in [0.29, 0.717) is 17.7 Å². The summed E-state index contributed by atoms with van der Waals surface area (Å²) in [5.74, 6) is -0.719.